The predicted molar refractivity (Wildman–Crippen MR) is 88.6 cm³/mol. The summed E-state index contributed by atoms with van der Waals surface area (Å²) >= 11 is 3.36. The third-order valence-electron chi connectivity index (χ3n) is 3.40. The molecule has 0 aromatic heterocycles. The van der Waals surface area contributed by atoms with Crippen molar-refractivity contribution in [1.29, 1.82) is 0 Å². The van der Waals surface area contributed by atoms with Crippen molar-refractivity contribution in [3.63, 3.8) is 0 Å². The molecule has 23 heavy (non-hydrogen) atoms. The fourth-order valence-corrected chi connectivity index (χ4v) is 2.42. The molecule has 1 N–H and O–H groups in total. The van der Waals surface area contributed by atoms with Gasteiger partial charge in [-0.2, -0.15) is 0 Å². The van der Waals surface area contributed by atoms with Gasteiger partial charge in [-0.3, -0.25) is 4.79 Å². The molecular weight excluding hydrogens is 362 g/mol. The van der Waals surface area contributed by atoms with Gasteiger partial charge in [-0.05, 0) is 48.9 Å². The molecule has 1 atom stereocenters. The molecule has 2 aromatic rings. The van der Waals surface area contributed by atoms with Gasteiger partial charge in [0.05, 0.1) is 0 Å². The summed E-state index contributed by atoms with van der Waals surface area (Å²) in [6.07, 6.45) is -0.579. The van der Waals surface area contributed by atoms with Gasteiger partial charge in [0, 0.05) is 11.0 Å². The summed E-state index contributed by atoms with van der Waals surface area (Å²) in [6, 6.07) is 13.0. The van der Waals surface area contributed by atoms with Crippen molar-refractivity contribution in [1.82, 2.24) is 5.32 Å². The Labute approximate surface area is 142 Å². The Hall–Kier alpha value is -2.21. The molecule has 120 valence electrons. The molecule has 3 rings (SSSR count). The number of nitrogens with one attached hydrogen (secondary N) is 1. The summed E-state index contributed by atoms with van der Waals surface area (Å²) in [5.41, 5.74) is 0.943. The lowest BCUT2D eigenvalue weighted by Crippen LogP contribution is -2.35. The topological polar surface area (TPSA) is 56.8 Å². The number of hydrogen-bond donors (Lipinski definition) is 1. The molecular formula is C17H16BrNO4. The van der Waals surface area contributed by atoms with Crippen LogP contribution in [0.15, 0.2) is 46.9 Å². The largest absolute Gasteiger partial charge is 0.481 e. The normalized spacial score (nSPS) is 13.5. The molecule has 1 aliphatic heterocycles. The van der Waals surface area contributed by atoms with E-state index in [0.717, 1.165) is 15.8 Å². The van der Waals surface area contributed by atoms with Crippen molar-refractivity contribution in [3.8, 4) is 17.2 Å². The van der Waals surface area contributed by atoms with Gasteiger partial charge in [0.1, 0.15) is 5.75 Å². The average Bonchev–Trinajstić information content (AvgIpc) is 3.02. The second-order valence-electron chi connectivity index (χ2n) is 5.12. The highest BCUT2D eigenvalue weighted by Crippen LogP contribution is 2.32. The number of amides is 1. The fourth-order valence-electron chi connectivity index (χ4n) is 2.15. The Balaban J connectivity index is 1.53. The van der Waals surface area contributed by atoms with Crippen LogP contribution in [0.3, 0.4) is 0 Å². The minimum atomic E-state index is -0.579. The van der Waals surface area contributed by atoms with E-state index in [-0.39, 0.29) is 12.7 Å². The van der Waals surface area contributed by atoms with Crippen LogP contribution >= 0.6 is 15.9 Å². The molecule has 0 saturated carbocycles. The average molecular weight is 378 g/mol. The monoisotopic (exact) mass is 377 g/mol. The molecule has 1 heterocycles. The zero-order valence-electron chi connectivity index (χ0n) is 12.5. The predicted octanol–water partition coefficient (Wildman–Crippen LogP) is 3.26. The summed E-state index contributed by atoms with van der Waals surface area (Å²) in [5.74, 6) is 1.91. The molecule has 2 aromatic carbocycles. The fraction of sp³-hybridized carbons (Fsp3) is 0.235. The molecule has 0 bridgehead atoms. The molecule has 0 radical (unpaired) electrons. The zero-order valence-corrected chi connectivity index (χ0v) is 14.1. The molecule has 0 aliphatic carbocycles. The maximum absolute atomic E-state index is 12.1. The Morgan fingerprint density at radius 1 is 1.22 bits per heavy atom. The SMILES string of the molecule is C[C@H](Oc1ccc(Br)cc1)C(=O)NCc1ccc2c(c1)OCO2. The molecule has 6 heteroatoms. The van der Waals surface area contributed by atoms with Crippen LogP contribution in [0.5, 0.6) is 17.2 Å². The molecule has 1 amide bonds. The highest BCUT2D eigenvalue weighted by Gasteiger charge is 2.16. The van der Waals surface area contributed by atoms with Gasteiger partial charge in [-0.1, -0.05) is 22.0 Å². The third-order valence-corrected chi connectivity index (χ3v) is 3.93. The van der Waals surface area contributed by atoms with Gasteiger partial charge in [-0.15, -0.1) is 0 Å². The Morgan fingerprint density at radius 3 is 2.74 bits per heavy atom. The number of benzene rings is 2. The maximum Gasteiger partial charge on any atom is 0.261 e. The Bertz CT molecular complexity index is 702. The van der Waals surface area contributed by atoms with Crippen molar-refractivity contribution < 1.29 is 19.0 Å². The van der Waals surface area contributed by atoms with E-state index < -0.39 is 6.10 Å². The lowest BCUT2D eigenvalue weighted by molar-refractivity contribution is -0.127. The number of carbonyl (C=O) groups excluding carboxylic acids is 1. The Kier molecular flexibility index (Phi) is 4.71. The van der Waals surface area contributed by atoms with Crippen molar-refractivity contribution in [2.24, 2.45) is 0 Å². The van der Waals surface area contributed by atoms with Gasteiger partial charge in [0.15, 0.2) is 17.6 Å². The second-order valence-corrected chi connectivity index (χ2v) is 6.04. The standard InChI is InChI=1S/C17H16BrNO4/c1-11(23-14-5-3-13(18)4-6-14)17(20)19-9-12-2-7-15-16(8-12)22-10-21-15/h2-8,11H,9-10H2,1H3,(H,19,20)/t11-/m0/s1. The summed E-state index contributed by atoms with van der Waals surface area (Å²) in [7, 11) is 0. The number of ether oxygens (including phenoxy) is 3. The van der Waals surface area contributed by atoms with Crippen LogP contribution in [0.1, 0.15) is 12.5 Å². The smallest absolute Gasteiger partial charge is 0.261 e. The van der Waals surface area contributed by atoms with Crippen LogP contribution in [0.25, 0.3) is 0 Å². The van der Waals surface area contributed by atoms with Crippen molar-refractivity contribution in [2.45, 2.75) is 19.6 Å². The van der Waals surface area contributed by atoms with Crippen LogP contribution in [-0.4, -0.2) is 18.8 Å². The summed E-state index contributed by atoms with van der Waals surface area (Å²) in [5, 5.41) is 2.85. The first-order valence-corrected chi connectivity index (χ1v) is 7.99. The van der Waals surface area contributed by atoms with Crippen molar-refractivity contribution >= 4 is 21.8 Å². The quantitative estimate of drug-likeness (QED) is 0.868. The second kappa shape index (κ2) is 6.91. The first-order chi connectivity index (χ1) is 11.1. The van der Waals surface area contributed by atoms with Gasteiger partial charge >= 0.3 is 0 Å². The van der Waals surface area contributed by atoms with Gasteiger partial charge in [-0.25, -0.2) is 0 Å². The molecule has 5 nitrogen and oxygen atoms in total. The lowest BCUT2D eigenvalue weighted by atomic mass is 10.2. The number of rotatable bonds is 5. The summed E-state index contributed by atoms with van der Waals surface area (Å²) < 4.78 is 17.2. The molecule has 0 fully saturated rings. The Morgan fingerprint density at radius 2 is 1.96 bits per heavy atom. The van der Waals surface area contributed by atoms with Gasteiger partial charge in [0.25, 0.3) is 5.91 Å². The van der Waals surface area contributed by atoms with E-state index in [4.69, 9.17) is 14.2 Å². The van der Waals surface area contributed by atoms with Crippen LogP contribution in [0, 0.1) is 0 Å². The highest BCUT2D eigenvalue weighted by molar-refractivity contribution is 9.10. The molecule has 0 spiro atoms. The number of halogens is 1. The molecule has 0 saturated heterocycles. The third kappa shape index (κ3) is 3.96. The highest BCUT2D eigenvalue weighted by atomic mass is 79.9. The van der Waals surface area contributed by atoms with E-state index in [2.05, 4.69) is 21.2 Å². The summed E-state index contributed by atoms with van der Waals surface area (Å²) in [6.45, 7) is 2.36. The summed E-state index contributed by atoms with van der Waals surface area (Å²) in [4.78, 5) is 12.1. The van der Waals surface area contributed by atoms with Crippen LogP contribution < -0.4 is 19.5 Å². The van der Waals surface area contributed by atoms with Crippen LogP contribution in [-0.2, 0) is 11.3 Å². The van der Waals surface area contributed by atoms with E-state index in [1.165, 1.54) is 0 Å². The van der Waals surface area contributed by atoms with Crippen LogP contribution in [0.2, 0.25) is 0 Å². The van der Waals surface area contributed by atoms with Crippen molar-refractivity contribution in [3.05, 3.63) is 52.5 Å². The van der Waals surface area contributed by atoms with E-state index in [1.54, 1.807) is 6.92 Å². The minimum absolute atomic E-state index is 0.175. The van der Waals surface area contributed by atoms with E-state index in [1.807, 2.05) is 42.5 Å². The van der Waals surface area contributed by atoms with Crippen molar-refractivity contribution in [2.75, 3.05) is 6.79 Å². The first-order valence-electron chi connectivity index (χ1n) is 7.20. The first kappa shape index (κ1) is 15.7. The molecule has 1 aliphatic rings. The van der Waals surface area contributed by atoms with E-state index in [9.17, 15) is 4.79 Å². The van der Waals surface area contributed by atoms with Gasteiger partial charge < -0.3 is 19.5 Å². The zero-order chi connectivity index (χ0) is 16.2. The van der Waals surface area contributed by atoms with E-state index >= 15 is 0 Å². The number of fused-ring (bicyclic) bond motifs is 1. The number of carbonyl (C=O) groups is 1. The minimum Gasteiger partial charge on any atom is -0.481 e. The number of hydrogen-bond acceptors (Lipinski definition) is 4. The van der Waals surface area contributed by atoms with Gasteiger partial charge in [0.2, 0.25) is 6.79 Å². The van der Waals surface area contributed by atoms with Crippen LogP contribution in [0.4, 0.5) is 0 Å². The van der Waals surface area contributed by atoms with E-state index in [0.29, 0.717) is 18.0 Å². The maximum atomic E-state index is 12.1. The molecule has 0 unspecified atom stereocenters. The lowest BCUT2D eigenvalue weighted by Gasteiger charge is -2.15.